The number of benzene rings is 3. The first-order chi connectivity index (χ1) is 18.2. The molecular formula is C29H32ClN3O4S. The Kier molecular flexibility index (Phi) is 9.20. The first-order valence-electron chi connectivity index (χ1n) is 12.7. The highest BCUT2D eigenvalue weighted by atomic mass is 35.5. The van der Waals surface area contributed by atoms with Gasteiger partial charge in [-0.05, 0) is 67.1 Å². The minimum absolute atomic E-state index is 0.0401. The summed E-state index contributed by atoms with van der Waals surface area (Å²) in [5, 5.41) is 3.54. The molecule has 1 aliphatic carbocycles. The molecule has 1 atom stereocenters. The van der Waals surface area contributed by atoms with Gasteiger partial charge >= 0.3 is 0 Å². The molecule has 0 bridgehead atoms. The molecule has 200 valence electrons. The average molecular weight is 554 g/mol. The van der Waals surface area contributed by atoms with Crippen molar-refractivity contribution < 1.29 is 18.0 Å². The standard InChI is InChI=1S/C29H32ClN3O4S/c1-21(29(35)31-19-23-7-12-25(30)13-8-23)33(20-24-5-3-2-4-6-24)28(34)18-11-22-9-16-27(17-10-22)38(36,37)32-26-14-15-26/h2-10,12-13,16-17,21,26,32H,11,14-15,18-20H2,1H3,(H,31,35)/t21-/m1/s1. The van der Waals surface area contributed by atoms with E-state index in [9.17, 15) is 18.0 Å². The zero-order valence-corrected chi connectivity index (χ0v) is 22.8. The number of nitrogens with one attached hydrogen (secondary N) is 2. The van der Waals surface area contributed by atoms with Crippen molar-refractivity contribution in [2.45, 2.75) is 62.7 Å². The zero-order valence-electron chi connectivity index (χ0n) is 21.3. The van der Waals surface area contributed by atoms with Crippen LogP contribution in [0.2, 0.25) is 5.02 Å². The number of amides is 2. The van der Waals surface area contributed by atoms with Gasteiger partial charge in [-0.3, -0.25) is 9.59 Å². The summed E-state index contributed by atoms with van der Waals surface area (Å²) in [6, 6.07) is 22.7. The number of sulfonamides is 1. The molecule has 3 aromatic rings. The summed E-state index contributed by atoms with van der Waals surface area (Å²) in [5.74, 6) is -0.406. The third-order valence-corrected chi connectivity index (χ3v) is 8.29. The number of carbonyl (C=O) groups excluding carboxylic acids is 2. The third-order valence-electron chi connectivity index (χ3n) is 6.50. The fraction of sp³-hybridized carbons (Fsp3) is 0.310. The molecule has 0 aromatic heterocycles. The van der Waals surface area contributed by atoms with Crippen LogP contribution in [0, 0.1) is 0 Å². The Hall–Kier alpha value is -3.20. The van der Waals surface area contributed by atoms with E-state index in [-0.39, 0.29) is 29.2 Å². The van der Waals surface area contributed by atoms with Crippen LogP contribution in [0.5, 0.6) is 0 Å². The molecule has 7 nitrogen and oxygen atoms in total. The molecule has 0 radical (unpaired) electrons. The lowest BCUT2D eigenvalue weighted by atomic mass is 10.1. The Balaban J connectivity index is 1.39. The summed E-state index contributed by atoms with van der Waals surface area (Å²) < 4.78 is 27.5. The Morgan fingerprint density at radius 3 is 2.18 bits per heavy atom. The van der Waals surface area contributed by atoms with Crippen molar-refractivity contribution in [3.63, 3.8) is 0 Å². The molecule has 2 amide bonds. The van der Waals surface area contributed by atoms with Gasteiger partial charge in [0.2, 0.25) is 21.8 Å². The van der Waals surface area contributed by atoms with E-state index in [1.165, 1.54) is 0 Å². The second-order valence-corrected chi connectivity index (χ2v) is 11.7. The fourth-order valence-electron chi connectivity index (χ4n) is 4.02. The largest absolute Gasteiger partial charge is 0.350 e. The molecule has 0 spiro atoms. The van der Waals surface area contributed by atoms with Crippen molar-refractivity contribution in [1.82, 2.24) is 14.9 Å². The normalized spacial score (nSPS) is 14.1. The lowest BCUT2D eigenvalue weighted by Gasteiger charge is -2.29. The molecule has 38 heavy (non-hydrogen) atoms. The van der Waals surface area contributed by atoms with Gasteiger partial charge in [-0.1, -0.05) is 66.2 Å². The number of hydrogen-bond acceptors (Lipinski definition) is 4. The van der Waals surface area contributed by atoms with E-state index in [2.05, 4.69) is 10.0 Å². The summed E-state index contributed by atoms with van der Waals surface area (Å²) >= 11 is 5.94. The lowest BCUT2D eigenvalue weighted by molar-refractivity contribution is -0.140. The van der Waals surface area contributed by atoms with Gasteiger partial charge in [0, 0.05) is 30.6 Å². The van der Waals surface area contributed by atoms with Crippen LogP contribution in [0.3, 0.4) is 0 Å². The summed E-state index contributed by atoms with van der Waals surface area (Å²) in [5.41, 5.74) is 2.69. The second-order valence-electron chi connectivity index (χ2n) is 9.57. The highest BCUT2D eigenvalue weighted by molar-refractivity contribution is 7.89. The van der Waals surface area contributed by atoms with Gasteiger partial charge in [0.25, 0.3) is 0 Å². The van der Waals surface area contributed by atoms with E-state index in [0.29, 0.717) is 24.5 Å². The number of aryl methyl sites for hydroxylation is 1. The van der Waals surface area contributed by atoms with Crippen molar-refractivity contribution >= 4 is 33.4 Å². The Morgan fingerprint density at radius 1 is 0.921 bits per heavy atom. The van der Waals surface area contributed by atoms with Gasteiger partial charge in [0.05, 0.1) is 4.90 Å². The molecule has 9 heteroatoms. The number of halogens is 1. The van der Waals surface area contributed by atoms with E-state index < -0.39 is 16.1 Å². The molecule has 1 saturated carbocycles. The molecule has 0 unspecified atom stereocenters. The maximum Gasteiger partial charge on any atom is 0.242 e. The number of carbonyl (C=O) groups is 2. The molecule has 1 aliphatic rings. The number of hydrogen-bond donors (Lipinski definition) is 2. The van der Waals surface area contributed by atoms with Crippen molar-refractivity contribution in [2.24, 2.45) is 0 Å². The van der Waals surface area contributed by atoms with Crippen molar-refractivity contribution in [1.29, 1.82) is 0 Å². The quantitative estimate of drug-likeness (QED) is 0.346. The van der Waals surface area contributed by atoms with Crippen LogP contribution in [-0.2, 0) is 39.1 Å². The summed E-state index contributed by atoms with van der Waals surface area (Å²) in [4.78, 5) is 28.2. The van der Waals surface area contributed by atoms with Crippen LogP contribution in [0.4, 0.5) is 0 Å². The van der Waals surface area contributed by atoms with Gasteiger partial charge in [0.1, 0.15) is 6.04 Å². The first kappa shape index (κ1) is 27.8. The van der Waals surface area contributed by atoms with Gasteiger partial charge in [0.15, 0.2) is 0 Å². The predicted octanol–water partition coefficient (Wildman–Crippen LogP) is 4.45. The number of rotatable bonds is 12. The summed E-state index contributed by atoms with van der Waals surface area (Å²) in [7, 11) is -3.52. The first-order valence-corrected chi connectivity index (χ1v) is 14.5. The monoisotopic (exact) mass is 553 g/mol. The van der Waals surface area contributed by atoms with Crippen LogP contribution in [0.1, 0.15) is 42.9 Å². The van der Waals surface area contributed by atoms with Crippen LogP contribution in [0.25, 0.3) is 0 Å². The Morgan fingerprint density at radius 2 is 1.55 bits per heavy atom. The minimum atomic E-state index is -3.52. The van der Waals surface area contributed by atoms with E-state index in [1.807, 2.05) is 42.5 Å². The van der Waals surface area contributed by atoms with Crippen LogP contribution < -0.4 is 10.0 Å². The predicted molar refractivity (Wildman–Crippen MR) is 148 cm³/mol. The molecule has 0 aliphatic heterocycles. The highest BCUT2D eigenvalue weighted by Crippen LogP contribution is 2.22. The maximum absolute atomic E-state index is 13.4. The molecule has 0 saturated heterocycles. The Labute approximate surface area is 229 Å². The zero-order chi connectivity index (χ0) is 27.1. The van der Waals surface area contributed by atoms with Crippen LogP contribution in [0.15, 0.2) is 83.8 Å². The van der Waals surface area contributed by atoms with Gasteiger partial charge < -0.3 is 10.2 Å². The van der Waals surface area contributed by atoms with E-state index in [4.69, 9.17) is 11.6 Å². The smallest absolute Gasteiger partial charge is 0.242 e. The Bertz CT molecular complexity index is 1340. The molecule has 0 heterocycles. The molecule has 4 rings (SSSR count). The average Bonchev–Trinajstić information content (AvgIpc) is 3.73. The van der Waals surface area contributed by atoms with Crippen LogP contribution in [-0.4, -0.2) is 37.2 Å². The molecule has 3 aromatic carbocycles. The summed E-state index contributed by atoms with van der Waals surface area (Å²) in [6.45, 7) is 2.36. The molecular weight excluding hydrogens is 522 g/mol. The lowest BCUT2D eigenvalue weighted by Crippen LogP contribution is -2.47. The van der Waals surface area contributed by atoms with Crippen molar-refractivity contribution in [3.05, 3.63) is 101 Å². The molecule has 1 fully saturated rings. The minimum Gasteiger partial charge on any atom is -0.350 e. The topological polar surface area (TPSA) is 95.6 Å². The molecule has 2 N–H and O–H groups in total. The van der Waals surface area contributed by atoms with Gasteiger partial charge in [-0.15, -0.1) is 0 Å². The van der Waals surface area contributed by atoms with E-state index >= 15 is 0 Å². The fourth-order valence-corrected chi connectivity index (χ4v) is 5.45. The highest BCUT2D eigenvalue weighted by Gasteiger charge is 2.28. The maximum atomic E-state index is 13.4. The van der Waals surface area contributed by atoms with E-state index in [1.54, 1.807) is 48.2 Å². The van der Waals surface area contributed by atoms with Gasteiger partial charge in [-0.2, -0.15) is 0 Å². The number of nitrogens with zero attached hydrogens (tertiary/aromatic N) is 1. The second kappa shape index (κ2) is 12.6. The van der Waals surface area contributed by atoms with Gasteiger partial charge in [-0.25, -0.2) is 13.1 Å². The third kappa shape index (κ3) is 7.90. The van der Waals surface area contributed by atoms with E-state index in [0.717, 1.165) is 29.5 Å². The van der Waals surface area contributed by atoms with Crippen molar-refractivity contribution in [3.8, 4) is 0 Å². The SMILES string of the molecule is C[C@H](C(=O)NCc1ccc(Cl)cc1)N(Cc1ccccc1)C(=O)CCc1ccc(S(=O)(=O)NC2CC2)cc1. The van der Waals surface area contributed by atoms with Crippen molar-refractivity contribution in [2.75, 3.05) is 0 Å². The summed E-state index contributed by atoms with van der Waals surface area (Å²) in [6.07, 6.45) is 2.36. The van der Waals surface area contributed by atoms with Crippen LogP contribution >= 0.6 is 11.6 Å².